The minimum Gasteiger partial charge on any atom is -0.450 e. The highest BCUT2D eigenvalue weighted by Crippen LogP contribution is 2.35. The van der Waals surface area contributed by atoms with E-state index in [2.05, 4.69) is 45.0 Å². The van der Waals surface area contributed by atoms with Gasteiger partial charge in [0.2, 0.25) is 0 Å². The predicted octanol–water partition coefficient (Wildman–Crippen LogP) is 4.32. The van der Waals surface area contributed by atoms with Crippen LogP contribution >= 0.6 is 0 Å². The maximum atomic E-state index is 11.8. The van der Waals surface area contributed by atoms with E-state index in [0.717, 1.165) is 25.9 Å². The molecule has 3 heteroatoms. The van der Waals surface area contributed by atoms with Crippen LogP contribution in [0.5, 0.6) is 0 Å². The van der Waals surface area contributed by atoms with Crippen molar-refractivity contribution < 1.29 is 9.53 Å². The molecule has 1 aliphatic heterocycles. The van der Waals surface area contributed by atoms with Gasteiger partial charge in [0.15, 0.2) is 0 Å². The molecule has 0 aromatic heterocycles. The fourth-order valence-electron chi connectivity index (χ4n) is 2.96. The van der Waals surface area contributed by atoms with Crippen molar-refractivity contribution in [3.05, 3.63) is 35.4 Å². The van der Waals surface area contributed by atoms with Gasteiger partial charge < -0.3 is 9.64 Å². The highest BCUT2D eigenvalue weighted by atomic mass is 16.6. The minimum absolute atomic E-state index is 0.165. The van der Waals surface area contributed by atoms with Gasteiger partial charge >= 0.3 is 6.09 Å². The molecule has 1 heterocycles. The Morgan fingerprint density at radius 3 is 2.29 bits per heavy atom. The first-order valence-electron chi connectivity index (χ1n) is 7.98. The molecule has 1 aromatic rings. The zero-order valence-corrected chi connectivity index (χ0v) is 13.7. The summed E-state index contributed by atoms with van der Waals surface area (Å²) in [5.41, 5.74) is 2.93. The summed E-state index contributed by atoms with van der Waals surface area (Å²) in [5, 5.41) is 0. The molecule has 0 atom stereocenters. The lowest BCUT2D eigenvalue weighted by molar-refractivity contribution is 0.0885. The molecular weight excluding hydrogens is 262 g/mol. The Kier molecular flexibility index (Phi) is 4.92. The van der Waals surface area contributed by atoms with Crippen molar-refractivity contribution in [1.82, 2.24) is 4.90 Å². The fourth-order valence-corrected chi connectivity index (χ4v) is 2.96. The second kappa shape index (κ2) is 6.50. The Hall–Kier alpha value is -1.51. The zero-order chi connectivity index (χ0) is 15.5. The van der Waals surface area contributed by atoms with Gasteiger partial charge in [0.25, 0.3) is 0 Å². The summed E-state index contributed by atoms with van der Waals surface area (Å²) in [6.07, 6.45) is 1.81. The van der Waals surface area contributed by atoms with Crippen LogP contribution in [0.15, 0.2) is 24.3 Å². The average molecular weight is 289 g/mol. The molecule has 21 heavy (non-hydrogen) atoms. The van der Waals surface area contributed by atoms with E-state index >= 15 is 0 Å². The quantitative estimate of drug-likeness (QED) is 0.829. The Labute approximate surface area is 128 Å². The third-order valence-electron chi connectivity index (χ3n) is 4.67. The SMILES string of the molecule is CCOC(=O)N1CCC(C)(c2ccc(C(C)C)cc2)CC1. The molecule has 0 N–H and O–H groups in total. The highest BCUT2D eigenvalue weighted by Gasteiger charge is 2.33. The zero-order valence-electron chi connectivity index (χ0n) is 13.7. The number of nitrogens with zero attached hydrogens (tertiary/aromatic N) is 1. The number of hydrogen-bond donors (Lipinski definition) is 0. The first-order chi connectivity index (χ1) is 9.96. The standard InChI is InChI=1S/C18H27NO2/c1-5-21-17(20)19-12-10-18(4,11-13-19)16-8-6-15(7-9-16)14(2)3/h6-9,14H,5,10-13H2,1-4H3. The normalized spacial score (nSPS) is 17.9. The van der Waals surface area contributed by atoms with Gasteiger partial charge in [0.1, 0.15) is 0 Å². The van der Waals surface area contributed by atoms with Gasteiger partial charge in [-0.3, -0.25) is 0 Å². The van der Waals surface area contributed by atoms with Crippen molar-refractivity contribution in [3.63, 3.8) is 0 Å². The second-order valence-electron chi connectivity index (χ2n) is 6.52. The molecule has 1 aliphatic rings. The maximum absolute atomic E-state index is 11.8. The van der Waals surface area contributed by atoms with Gasteiger partial charge in [-0.05, 0) is 42.2 Å². The Morgan fingerprint density at radius 2 is 1.81 bits per heavy atom. The summed E-state index contributed by atoms with van der Waals surface area (Å²) in [7, 11) is 0. The number of carbonyl (C=O) groups excluding carboxylic acids is 1. The third kappa shape index (κ3) is 3.58. The van der Waals surface area contributed by atoms with Crippen LogP contribution < -0.4 is 0 Å². The van der Waals surface area contributed by atoms with Crippen LogP contribution in [0.1, 0.15) is 57.6 Å². The molecule has 1 amide bonds. The van der Waals surface area contributed by atoms with E-state index in [0.29, 0.717) is 12.5 Å². The minimum atomic E-state index is -0.172. The van der Waals surface area contributed by atoms with E-state index in [-0.39, 0.29) is 11.5 Å². The van der Waals surface area contributed by atoms with Crippen LogP contribution in [0.25, 0.3) is 0 Å². The van der Waals surface area contributed by atoms with Crippen LogP contribution in [0.3, 0.4) is 0 Å². The predicted molar refractivity (Wildman–Crippen MR) is 85.7 cm³/mol. The van der Waals surface area contributed by atoms with E-state index in [1.807, 2.05) is 11.8 Å². The molecule has 1 aromatic carbocycles. The van der Waals surface area contributed by atoms with E-state index in [4.69, 9.17) is 4.74 Å². The topological polar surface area (TPSA) is 29.5 Å². The van der Waals surface area contributed by atoms with Crippen molar-refractivity contribution in [2.75, 3.05) is 19.7 Å². The van der Waals surface area contributed by atoms with Gasteiger partial charge in [-0.15, -0.1) is 0 Å². The van der Waals surface area contributed by atoms with Crippen molar-refractivity contribution in [1.29, 1.82) is 0 Å². The molecular formula is C18H27NO2. The molecule has 0 aliphatic carbocycles. The van der Waals surface area contributed by atoms with E-state index in [1.54, 1.807) is 0 Å². The van der Waals surface area contributed by atoms with E-state index < -0.39 is 0 Å². The van der Waals surface area contributed by atoms with Gasteiger partial charge in [-0.25, -0.2) is 4.79 Å². The summed E-state index contributed by atoms with van der Waals surface area (Å²) in [6, 6.07) is 9.00. The lowest BCUT2D eigenvalue weighted by Gasteiger charge is -2.39. The molecule has 116 valence electrons. The number of piperidine rings is 1. The maximum Gasteiger partial charge on any atom is 0.409 e. The molecule has 0 bridgehead atoms. The van der Waals surface area contributed by atoms with Crippen molar-refractivity contribution in [3.8, 4) is 0 Å². The molecule has 2 rings (SSSR count). The van der Waals surface area contributed by atoms with Crippen molar-refractivity contribution in [2.24, 2.45) is 0 Å². The van der Waals surface area contributed by atoms with Gasteiger partial charge in [0.05, 0.1) is 6.61 Å². The summed E-state index contributed by atoms with van der Waals surface area (Å²) in [6.45, 7) is 10.6. The van der Waals surface area contributed by atoms with Gasteiger partial charge in [0, 0.05) is 13.1 Å². The molecule has 0 radical (unpaired) electrons. The summed E-state index contributed by atoms with van der Waals surface area (Å²) in [4.78, 5) is 13.6. The number of benzene rings is 1. The third-order valence-corrected chi connectivity index (χ3v) is 4.67. The van der Waals surface area contributed by atoms with E-state index in [9.17, 15) is 4.79 Å². The number of hydrogen-bond acceptors (Lipinski definition) is 2. The van der Waals surface area contributed by atoms with Crippen LogP contribution in [0, 0.1) is 0 Å². The van der Waals surface area contributed by atoms with Crippen LogP contribution in [-0.4, -0.2) is 30.7 Å². The molecule has 3 nitrogen and oxygen atoms in total. The number of likely N-dealkylation sites (tertiary alicyclic amines) is 1. The molecule has 0 saturated carbocycles. The van der Waals surface area contributed by atoms with E-state index in [1.165, 1.54) is 11.1 Å². The summed E-state index contributed by atoms with van der Waals surface area (Å²) in [5.74, 6) is 0.567. The summed E-state index contributed by atoms with van der Waals surface area (Å²) < 4.78 is 5.08. The number of amides is 1. The largest absolute Gasteiger partial charge is 0.450 e. The fraction of sp³-hybridized carbons (Fsp3) is 0.611. The van der Waals surface area contributed by atoms with Crippen LogP contribution in [0.2, 0.25) is 0 Å². The van der Waals surface area contributed by atoms with Crippen molar-refractivity contribution >= 4 is 6.09 Å². The molecule has 1 fully saturated rings. The van der Waals surface area contributed by atoms with Crippen LogP contribution in [0.4, 0.5) is 4.79 Å². The average Bonchev–Trinajstić information content (AvgIpc) is 2.48. The highest BCUT2D eigenvalue weighted by molar-refractivity contribution is 5.67. The second-order valence-corrected chi connectivity index (χ2v) is 6.52. The van der Waals surface area contributed by atoms with Gasteiger partial charge in [-0.2, -0.15) is 0 Å². The molecule has 0 spiro atoms. The first-order valence-corrected chi connectivity index (χ1v) is 7.98. The molecule has 0 unspecified atom stereocenters. The van der Waals surface area contributed by atoms with Crippen LogP contribution in [-0.2, 0) is 10.2 Å². The Bertz CT molecular complexity index is 470. The number of carbonyl (C=O) groups is 1. The van der Waals surface area contributed by atoms with Gasteiger partial charge in [-0.1, -0.05) is 45.0 Å². The lowest BCUT2D eigenvalue weighted by Crippen LogP contribution is -2.44. The summed E-state index contributed by atoms with van der Waals surface area (Å²) >= 11 is 0. The molecule has 1 saturated heterocycles. The number of ether oxygens (including phenoxy) is 1. The smallest absolute Gasteiger partial charge is 0.409 e. The Balaban J connectivity index is 2.03. The lowest BCUT2D eigenvalue weighted by atomic mass is 9.74. The monoisotopic (exact) mass is 289 g/mol. The first kappa shape index (κ1) is 15.9. The number of rotatable bonds is 3. The van der Waals surface area contributed by atoms with Crippen molar-refractivity contribution in [2.45, 2.75) is 51.9 Å². The Morgan fingerprint density at radius 1 is 1.24 bits per heavy atom.